The summed E-state index contributed by atoms with van der Waals surface area (Å²) in [7, 11) is 1.86. The summed E-state index contributed by atoms with van der Waals surface area (Å²) in [5, 5.41) is 14.9. The maximum Gasteiger partial charge on any atom is 0.205 e. The predicted octanol–water partition coefficient (Wildman–Crippen LogP) is 4.85. The highest BCUT2D eigenvalue weighted by molar-refractivity contribution is 6.01. The van der Waals surface area contributed by atoms with E-state index >= 15 is 0 Å². The molecule has 0 bridgehead atoms. The van der Waals surface area contributed by atoms with E-state index in [1.54, 1.807) is 12.2 Å². The zero-order valence-corrected chi connectivity index (χ0v) is 23.4. The Morgan fingerprint density at radius 3 is 2.72 bits per heavy atom. The quantitative estimate of drug-likeness (QED) is 0.516. The number of fused-ring (bicyclic) bond motifs is 7. The summed E-state index contributed by atoms with van der Waals surface area (Å²) < 4.78 is 19.2. The van der Waals surface area contributed by atoms with Crippen molar-refractivity contribution in [2.75, 3.05) is 19.0 Å². The molecule has 1 aromatic carbocycles. The summed E-state index contributed by atoms with van der Waals surface area (Å²) >= 11 is 0. The Balaban J connectivity index is 1.32. The first-order valence-corrected chi connectivity index (χ1v) is 14.6. The van der Waals surface area contributed by atoms with Gasteiger partial charge in [0.25, 0.3) is 0 Å². The molecule has 1 aliphatic heterocycles. The van der Waals surface area contributed by atoms with E-state index in [4.69, 9.17) is 14.2 Å². The van der Waals surface area contributed by atoms with Crippen LogP contribution in [0.5, 0.6) is 5.75 Å². The van der Waals surface area contributed by atoms with E-state index < -0.39 is 23.4 Å². The zero-order chi connectivity index (χ0) is 27.6. The fourth-order valence-electron chi connectivity index (χ4n) is 8.98. The summed E-state index contributed by atoms with van der Waals surface area (Å²) in [5.41, 5.74) is -0.0274. The van der Waals surface area contributed by atoms with Crippen molar-refractivity contribution in [3.8, 4) is 5.75 Å². The average Bonchev–Trinajstić information content (AvgIpc) is 3.40. The summed E-state index contributed by atoms with van der Waals surface area (Å²) in [6, 6.07) is 7.53. The zero-order valence-electron chi connectivity index (χ0n) is 23.4. The molecule has 7 nitrogen and oxygen atoms in total. The van der Waals surface area contributed by atoms with E-state index in [9.17, 15) is 14.7 Å². The Kier molecular flexibility index (Phi) is 6.56. The van der Waals surface area contributed by atoms with Gasteiger partial charge in [0.05, 0.1) is 12.2 Å². The van der Waals surface area contributed by atoms with Crippen LogP contribution in [-0.4, -0.2) is 54.4 Å². The van der Waals surface area contributed by atoms with Gasteiger partial charge in [-0.1, -0.05) is 38.8 Å². The van der Waals surface area contributed by atoms with Crippen molar-refractivity contribution in [2.24, 2.45) is 28.6 Å². The van der Waals surface area contributed by atoms with Crippen molar-refractivity contribution in [3.63, 3.8) is 0 Å². The predicted molar refractivity (Wildman–Crippen MR) is 147 cm³/mol. The van der Waals surface area contributed by atoms with Crippen LogP contribution in [0.15, 0.2) is 48.1 Å². The van der Waals surface area contributed by atoms with E-state index in [1.165, 1.54) is 0 Å². The van der Waals surface area contributed by atoms with E-state index in [-0.39, 0.29) is 47.4 Å². The first-order valence-electron chi connectivity index (χ1n) is 14.6. The third kappa shape index (κ3) is 3.87. The van der Waals surface area contributed by atoms with Crippen LogP contribution in [0.25, 0.3) is 0 Å². The van der Waals surface area contributed by atoms with Gasteiger partial charge in [-0.2, -0.15) is 0 Å². The van der Waals surface area contributed by atoms with Crippen molar-refractivity contribution in [1.82, 2.24) is 0 Å². The molecule has 4 fully saturated rings. The summed E-state index contributed by atoms with van der Waals surface area (Å²) in [5.74, 6) is 0.883. The van der Waals surface area contributed by atoms with Gasteiger partial charge in [0.1, 0.15) is 12.4 Å². The van der Waals surface area contributed by atoms with Gasteiger partial charge in [-0.15, -0.1) is 0 Å². The second-order valence-corrected chi connectivity index (χ2v) is 12.6. The minimum Gasteiger partial charge on any atom is -0.486 e. The maximum absolute atomic E-state index is 14.3. The lowest BCUT2D eigenvalue weighted by Crippen LogP contribution is -2.63. The molecule has 8 unspecified atom stereocenters. The number of hydrogen-bond donors (Lipinski definition) is 2. The number of benzene rings is 1. The number of allylic oxidation sites excluding steroid dienone is 4. The van der Waals surface area contributed by atoms with Crippen LogP contribution in [0.3, 0.4) is 0 Å². The minimum atomic E-state index is -1.16. The highest BCUT2D eigenvalue weighted by Gasteiger charge is 2.75. The summed E-state index contributed by atoms with van der Waals surface area (Å²) in [4.78, 5) is 26.4. The molecule has 0 amide bonds. The van der Waals surface area contributed by atoms with Crippen molar-refractivity contribution >= 4 is 17.3 Å². The van der Waals surface area contributed by atoms with Gasteiger partial charge in [0, 0.05) is 29.5 Å². The van der Waals surface area contributed by atoms with Crippen LogP contribution in [0, 0.1) is 28.6 Å². The van der Waals surface area contributed by atoms with Crippen LogP contribution in [-0.2, 0) is 19.1 Å². The molecule has 0 aromatic heterocycles. The molecule has 1 heterocycles. The molecule has 0 spiro atoms. The number of aliphatic hydroxyl groups excluding tert-OH is 1. The monoisotopic (exact) mass is 535 g/mol. The third-order valence-corrected chi connectivity index (χ3v) is 10.7. The van der Waals surface area contributed by atoms with Crippen LogP contribution in [0.4, 0.5) is 5.69 Å². The Morgan fingerprint density at radius 1 is 1.23 bits per heavy atom. The SMILES string of the molecule is CCC[C@@H]1OC2CC3C4CCC5=CC(=O)C=CC5(C)C4C(O)CC3(C)C2(C(=O)COc2ccc(NC)cc2)O1. The largest absolute Gasteiger partial charge is 0.486 e. The molecule has 4 aliphatic carbocycles. The number of rotatable bonds is 7. The van der Waals surface area contributed by atoms with Gasteiger partial charge in [0.15, 0.2) is 17.7 Å². The molecular formula is C32H41NO6. The Bertz CT molecular complexity index is 1210. The van der Waals surface area contributed by atoms with E-state index in [0.29, 0.717) is 12.2 Å². The van der Waals surface area contributed by atoms with Crippen molar-refractivity contribution in [1.29, 1.82) is 0 Å². The standard InChI is InChI=1S/C32H41NO6/c1-5-6-28-38-27-16-24-23-12-7-19-15-21(34)13-14-30(19,2)29(23)25(35)17-31(24,3)32(27,39-28)26(36)18-37-22-10-8-20(33-4)9-11-22/h8-11,13-15,23-25,27-29,33,35H,5-7,12,16-18H2,1-4H3/t23?,24?,25?,27?,28-,29?,30?,31?,32?/m1/s1. The molecule has 7 heteroatoms. The highest BCUT2D eigenvalue weighted by atomic mass is 16.7. The fraction of sp³-hybridized carbons (Fsp3) is 0.625. The molecule has 1 aromatic rings. The number of carbonyl (C=O) groups excluding carboxylic acids is 2. The van der Waals surface area contributed by atoms with E-state index in [0.717, 1.165) is 43.4 Å². The lowest BCUT2D eigenvalue weighted by Gasteiger charge is -2.59. The topological polar surface area (TPSA) is 94.1 Å². The smallest absolute Gasteiger partial charge is 0.205 e. The van der Waals surface area contributed by atoms with Crippen LogP contribution < -0.4 is 10.1 Å². The average molecular weight is 536 g/mol. The summed E-state index contributed by atoms with van der Waals surface area (Å²) in [6.07, 6.45) is 8.50. The van der Waals surface area contributed by atoms with E-state index in [1.807, 2.05) is 37.4 Å². The molecule has 0 radical (unpaired) electrons. The molecule has 6 rings (SSSR count). The number of Topliss-reactive ketones (excluding diaryl/α,β-unsaturated/α-hetero) is 1. The number of aliphatic hydroxyl groups is 1. The van der Waals surface area contributed by atoms with Crippen molar-refractivity contribution < 1.29 is 28.9 Å². The van der Waals surface area contributed by atoms with Crippen LogP contribution in [0.1, 0.15) is 59.3 Å². The number of hydrogen-bond acceptors (Lipinski definition) is 7. The summed E-state index contributed by atoms with van der Waals surface area (Å²) in [6.45, 7) is 6.28. The normalized spacial score (nSPS) is 42.2. The number of ether oxygens (including phenoxy) is 3. The lowest BCUT2D eigenvalue weighted by molar-refractivity contribution is -0.200. The lowest BCUT2D eigenvalue weighted by atomic mass is 9.46. The number of ketones is 2. The van der Waals surface area contributed by atoms with Crippen LogP contribution in [0.2, 0.25) is 0 Å². The molecule has 3 saturated carbocycles. The first-order chi connectivity index (χ1) is 18.7. The molecule has 39 heavy (non-hydrogen) atoms. The van der Waals surface area contributed by atoms with Gasteiger partial charge >= 0.3 is 0 Å². The van der Waals surface area contributed by atoms with Gasteiger partial charge in [-0.3, -0.25) is 9.59 Å². The number of nitrogens with one attached hydrogen (secondary N) is 1. The van der Waals surface area contributed by atoms with Gasteiger partial charge in [0.2, 0.25) is 5.78 Å². The minimum absolute atomic E-state index is 0.0146. The van der Waals surface area contributed by atoms with Crippen molar-refractivity contribution in [3.05, 3.63) is 48.1 Å². The van der Waals surface area contributed by atoms with Crippen molar-refractivity contribution in [2.45, 2.75) is 83.4 Å². The van der Waals surface area contributed by atoms with Crippen LogP contribution >= 0.6 is 0 Å². The number of anilines is 1. The van der Waals surface area contributed by atoms with Gasteiger partial charge in [-0.25, -0.2) is 0 Å². The second-order valence-electron chi connectivity index (χ2n) is 12.6. The first kappa shape index (κ1) is 26.7. The van der Waals surface area contributed by atoms with E-state index in [2.05, 4.69) is 26.1 Å². The fourth-order valence-corrected chi connectivity index (χ4v) is 8.98. The molecular weight excluding hydrogens is 494 g/mol. The Labute approximate surface area is 231 Å². The maximum atomic E-state index is 14.3. The number of carbonyl (C=O) groups is 2. The molecule has 5 aliphatic rings. The highest BCUT2D eigenvalue weighted by Crippen LogP contribution is 2.69. The third-order valence-electron chi connectivity index (χ3n) is 10.7. The molecule has 2 N–H and O–H groups in total. The Morgan fingerprint density at radius 2 is 2.00 bits per heavy atom. The second kappa shape index (κ2) is 9.57. The van der Waals surface area contributed by atoms with Gasteiger partial charge in [-0.05, 0) is 80.4 Å². The van der Waals surface area contributed by atoms with Gasteiger partial charge < -0.3 is 24.6 Å². The Hall–Kier alpha value is -2.48. The molecule has 1 saturated heterocycles. The molecule has 9 atom stereocenters. The molecule has 210 valence electrons.